The maximum atomic E-state index is 11.2. The van der Waals surface area contributed by atoms with Crippen LogP contribution >= 0.6 is 15.9 Å². The summed E-state index contributed by atoms with van der Waals surface area (Å²) in [6.07, 6.45) is 0.328. The molecule has 4 heteroatoms. The number of rotatable bonds is 2. The Bertz CT molecular complexity index is 440. The number of benzene rings is 1. The smallest absolute Gasteiger partial charge is 0.312 e. The first-order valence-corrected chi connectivity index (χ1v) is 5.89. The average molecular weight is 285 g/mol. The summed E-state index contributed by atoms with van der Waals surface area (Å²) >= 11 is 3.45. The SMILES string of the molecule is CC(C)(C(=O)O)C1Cc2c(Br)cccc2O1. The van der Waals surface area contributed by atoms with E-state index in [0.29, 0.717) is 6.42 Å². The first kappa shape index (κ1) is 11.5. The number of hydrogen-bond acceptors (Lipinski definition) is 2. The molecule has 0 fully saturated rings. The van der Waals surface area contributed by atoms with Crippen molar-refractivity contribution in [2.24, 2.45) is 5.41 Å². The van der Waals surface area contributed by atoms with Crippen molar-refractivity contribution in [1.29, 1.82) is 0 Å². The molecule has 1 aromatic rings. The predicted molar refractivity (Wildman–Crippen MR) is 63.7 cm³/mol. The van der Waals surface area contributed by atoms with E-state index in [2.05, 4.69) is 15.9 Å². The van der Waals surface area contributed by atoms with Crippen LogP contribution in [0.2, 0.25) is 0 Å². The Morgan fingerprint density at radius 2 is 2.25 bits per heavy atom. The molecular weight excluding hydrogens is 272 g/mol. The van der Waals surface area contributed by atoms with Gasteiger partial charge in [0.25, 0.3) is 0 Å². The molecule has 1 aliphatic heterocycles. The van der Waals surface area contributed by atoms with Gasteiger partial charge in [-0.1, -0.05) is 22.0 Å². The third-order valence-electron chi connectivity index (χ3n) is 3.09. The molecule has 1 atom stereocenters. The molecular formula is C12H13BrO3. The van der Waals surface area contributed by atoms with E-state index in [4.69, 9.17) is 9.84 Å². The van der Waals surface area contributed by atoms with Gasteiger partial charge in [-0.05, 0) is 26.0 Å². The third kappa shape index (κ3) is 1.71. The first-order chi connectivity index (χ1) is 7.43. The highest BCUT2D eigenvalue weighted by Crippen LogP contribution is 2.40. The quantitative estimate of drug-likeness (QED) is 0.908. The number of fused-ring (bicyclic) bond motifs is 1. The number of carboxylic acid groups (broad SMARTS) is 1. The fourth-order valence-electron chi connectivity index (χ4n) is 1.77. The van der Waals surface area contributed by atoms with E-state index in [9.17, 15) is 4.79 Å². The predicted octanol–water partition coefficient (Wildman–Crippen LogP) is 2.86. The molecule has 0 aliphatic carbocycles. The molecule has 3 nitrogen and oxygen atoms in total. The third-order valence-corrected chi connectivity index (χ3v) is 3.83. The van der Waals surface area contributed by atoms with Crippen LogP contribution in [0.4, 0.5) is 0 Å². The van der Waals surface area contributed by atoms with Gasteiger partial charge in [0.1, 0.15) is 11.9 Å². The number of hydrogen-bond donors (Lipinski definition) is 1. The lowest BCUT2D eigenvalue weighted by Gasteiger charge is -2.25. The van der Waals surface area contributed by atoms with Crippen LogP contribution in [0.1, 0.15) is 19.4 Å². The second-order valence-corrected chi connectivity index (χ2v) is 5.41. The molecule has 86 valence electrons. The standard InChI is InChI=1S/C12H13BrO3/c1-12(2,11(14)15)10-6-7-8(13)4-3-5-9(7)16-10/h3-5,10H,6H2,1-2H3,(H,14,15). The number of ether oxygens (including phenoxy) is 1. The summed E-state index contributed by atoms with van der Waals surface area (Å²) in [5.74, 6) is -0.0462. The lowest BCUT2D eigenvalue weighted by molar-refractivity contribution is -0.151. The molecule has 1 aliphatic rings. The number of carboxylic acids is 1. The molecule has 1 aromatic carbocycles. The van der Waals surface area contributed by atoms with E-state index in [1.165, 1.54) is 0 Å². The van der Waals surface area contributed by atoms with Gasteiger partial charge in [-0.25, -0.2) is 0 Å². The fraction of sp³-hybridized carbons (Fsp3) is 0.417. The molecule has 1 unspecified atom stereocenters. The van der Waals surface area contributed by atoms with Crippen molar-refractivity contribution in [2.75, 3.05) is 0 Å². The van der Waals surface area contributed by atoms with Gasteiger partial charge in [-0.3, -0.25) is 4.79 Å². The highest BCUT2D eigenvalue weighted by molar-refractivity contribution is 9.10. The Hall–Kier alpha value is -1.03. The Kier molecular flexibility index (Phi) is 2.70. The zero-order chi connectivity index (χ0) is 11.9. The van der Waals surface area contributed by atoms with Gasteiger partial charge < -0.3 is 9.84 Å². The number of carbonyl (C=O) groups is 1. The Labute approximate surface area is 103 Å². The largest absolute Gasteiger partial charge is 0.489 e. The van der Waals surface area contributed by atoms with E-state index in [0.717, 1.165) is 15.8 Å². The molecule has 0 amide bonds. The summed E-state index contributed by atoms with van der Waals surface area (Å²) in [5, 5.41) is 9.16. The zero-order valence-corrected chi connectivity index (χ0v) is 10.7. The molecule has 0 spiro atoms. The first-order valence-electron chi connectivity index (χ1n) is 5.10. The van der Waals surface area contributed by atoms with Crippen molar-refractivity contribution >= 4 is 21.9 Å². The van der Waals surface area contributed by atoms with Crippen molar-refractivity contribution in [3.8, 4) is 5.75 Å². The summed E-state index contributed by atoms with van der Waals surface area (Å²) in [6.45, 7) is 3.39. The van der Waals surface area contributed by atoms with E-state index >= 15 is 0 Å². The zero-order valence-electron chi connectivity index (χ0n) is 9.16. The Balaban J connectivity index is 2.30. The number of halogens is 1. The topological polar surface area (TPSA) is 46.5 Å². The minimum Gasteiger partial charge on any atom is -0.489 e. The van der Waals surface area contributed by atoms with Gasteiger partial charge in [-0.2, -0.15) is 0 Å². The lowest BCUT2D eigenvalue weighted by Crippen LogP contribution is -2.40. The highest BCUT2D eigenvalue weighted by Gasteiger charge is 2.42. The normalized spacial score (nSPS) is 19.1. The van der Waals surface area contributed by atoms with Gasteiger partial charge in [0, 0.05) is 16.5 Å². The molecule has 0 saturated heterocycles. The van der Waals surface area contributed by atoms with E-state index in [-0.39, 0.29) is 6.10 Å². The minimum atomic E-state index is -0.877. The monoisotopic (exact) mass is 284 g/mol. The maximum absolute atomic E-state index is 11.2. The van der Waals surface area contributed by atoms with Crippen LogP contribution in [0.5, 0.6) is 5.75 Å². The number of aliphatic carboxylic acids is 1. The van der Waals surface area contributed by atoms with Crippen LogP contribution in [-0.2, 0) is 11.2 Å². The van der Waals surface area contributed by atoms with Crippen molar-refractivity contribution in [3.63, 3.8) is 0 Å². The van der Waals surface area contributed by atoms with Crippen LogP contribution in [-0.4, -0.2) is 17.2 Å². The molecule has 0 bridgehead atoms. The van der Waals surface area contributed by atoms with Crippen molar-refractivity contribution in [2.45, 2.75) is 26.4 Å². The van der Waals surface area contributed by atoms with Crippen LogP contribution < -0.4 is 4.74 Å². The van der Waals surface area contributed by atoms with Crippen LogP contribution in [0, 0.1) is 5.41 Å². The summed E-state index contributed by atoms with van der Waals surface area (Å²) in [7, 11) is 0. The van der Waals surface area contributed by atoms with Gasteiger partial charge >= 0.3 is 5.97 Å². The van der Waals surface area contributed by atoms with Gasteiger partial charge in [0.05, 0.1) is 5.41 Å². The Morgan fingerprint density at radius 1 is 1.56 bits per heavy atom. The minimum absolute atomic E-state index is 0.307. The molecule has 0 saturated carbocycles. The summed E-state index contributed by atoms with van der Waals surface area (Å²) in [5.41, 5.74) is 0.181. The molecule has 1 N–H and O–H groups in total. The maximum Gasteiger partial charge on any atom is 0.312 e. The van der Waals surface area contributed by atoms with Crippen molar-refractivity contribution in [1.82, 2.24) is 0 Å². The second-order valence-electron chi connectivity index (χ2n) is 4.55. The van der Waals surface area contributed by atoms with Gasteiger partial charge in [0.15, 0.2) is 0 Å². The van der Waals surface area contributed by atoms with E-state index in [1.54, 1.807) is 13.8 Å². The molecule has 0 aromatic heterocycles. The molecule has 0 radical (unpaired) electrons. The summed E-state index contributed by atoms with van der Waals surface area (Å²) in [6, 6.07) is 5.70. The fourth-order valence-corrected chi connectivity index (χ4v) is 2.28. The summed E-state index contributed by atoms with van der Waals surface area (Å²) < 4.78 is 6.68. The summed E-state index contributed by atoms with van der Waals surface area (Å²) in [4.78, 5) is 11.2. The molecule has 2 rings (SSSR count). The van der Waals surface area contributed by atoms with Gasteiger partial charge in [0.2, 0.25) is 0 Å². The van der Waals surface area contributed by atoms with Crippen LogP contribution in [0.3, 0.4) is 0 Å². The average Bonchev–Trinajstić information content (AvgIpc) is 2.63. The van der Waals surface area contributed by atoms with Crippen molar-refractivity contribution < 1.29 is 14.6 Å². The van der Waals surface area contributed by atoms with E-state index < -0.39 is 11.4 Å². The lowest BCUT2D eigenvalue weighted by atomic mass is 9.84. The van der Waals surface area contributed by atoms with Crippen LogP contribution in [0.25, 0.3) is 0 Å². The molecule has 16 heavy (non-hydrogen) atoms. The highest BCUT2D eigenvalue weighted by atomic mass is 79.9. The van der Waals surface area contributed by atoms with Crippen molar-refractivity contribution in [3.05, 3.63) is 28.2 Å². The second kappa shape index (κ2) is 3.77. The van der Waals surface area contributed by atoms with Crippen LogP contribution in [0.15, 0.2) is 22.7 Å². The van der Waals surface area contributed by atoms with E-state index in [1.807, 2.05) is 18.2 Å². The van der Waals surface area contributed by atoms with Gasteiger partial charge in [-0.15, -0.1) is 0 Å². The Morgan fingerprint density at radius 3 is 2.81 bits per heavy atom. The molecule has 1 heterocycles.